The normalized spacial score (nSPS) is 11.6. The molecular weight excluding hydrogens is 328 g/mol. The van der Waals surface area contributed by atoms with Crippen LogP contribution in [0.3, 0.4) is 0 Å². The topological polar surface area (TPSA) is 67.4 Å². The van der Waals surface area contributed by atoms with Crippen molar-refractivity contribution in [1.82, 2.24) is 0 Å². The summed E-state index contributed by atoms with van der Waals surface area (Å²) in [6.45, 7) is 3.15. The van der Waals surface area contributed by atoms with Gasteiger partial charge in [0.25, 0.3) is 5.91 Å². The number of benzene rings is 3. The molecule has 1 atom stereocenters. The minimum atomic E-state index is -0.647. The standard InChI is InChI=1S/C21H20N2O3/c1-14(26-20-12-7-16-5-3-4-6-17(16)13-20)21(25)23-19-10-8-18(9-11-19)22-15(2)24/h3-14H,1-2H3,(H,22,24)(H,23,25)/t14-/m0/s1. The van der Waals surface area contributed by atoms with Crippen molar-refractivity contribution in [3.63, 3.8) is 0 Å². The van der Waals surface area contributed by atoms with Crippen molar-refractivity contribution in [1.29, 1.82) is 0 Å². The second kappa shape index (κ2) is 7.70. The van der Waals surface area contributed by atoms with Gasteiger partial charge in [0.1, 0.15) is 5.75 Å². The van der Waals surface area contributed by atoms with Gasteiger partial charge >= 0.3 is 0 Å². The van der Waals surface area contributed by atoms with Crippen LogP contribution in [0.25, 0.3) is 10.8 Å². The molecule has 0 unspecified atom stereocenters. The molecule has 3 aromatic rings. The van der Waals surface area contributed by atoms with Crippen molar-refractivity contribution in [2.75, 3.05) is 10.6 Å². The molecule has 5 heteroatoms. The van der Waals surface area contributed by atoms with Gasteiger partial charge in [0.2, 0.25) is 5.91 Å². The van der Waals surface area contributed by atoms with Crippen LogP contribution >= 0.6 is 0 Å². The zero-order valence-electron chi connectivity index (χ0n) is 14.7. The molecule has 3 rings (SSSR count). The SMILES string of the molecule is CC(=O)Nc1ccc(NC(=O)[C@H](C)Oc2ccc3ccccc3c2)cc1. The fourth-order valence-corrected chi connectivity index (χ4v) is 2.58. The zero-order chi connectivity index (χ0) is 18.5. The summed E-state index contributed by atoms with van der Waals surface area (Å²) in [4.78, 5) is 23.4. The molecule has 0 saturated carbocycles. The smallest absolute Gasteiger partial charge is 0.265 e. The van der Waals surface area contributed by atoms with Gasteiger partial charge in [0.15, 0.2) is 6.10 Å². The minimum absolute atomic E-state index is 0.140. The number of hydrogen-bond acceptors (Lipinski definition) is 3. The monoisotopic (exact) mass is 348 g/mol. The minimum Gasteiger partial charge on any atom is -0.481 e. The van der Waals surface area contributed by atoms with E-state index in [4.69, 9.17) is 4.74 Å². The highest BCUT2D eigenvalue weighted by molar-refractivity contribution is 5.95. The average Bonchev–Trinajstić information content (AvgIpc) is 2.62. The van der Waals surface area contributed by atoms with E-state index >= 15 is 0 Å². The molecule has 0 saturated heterocycles. The van der Waals surface area contributed by atoms with E-state index in [1.165, 1.54) is 6.92 Å². The van der Waals surface area contributed by atoms with Gasteiger partial charge in [-0.1, -0.05) is 30.3 Å². The lowest BCUT2D eigenvalue weighted by molar-refractivity contribution is -0.122. The highest BCUT2D eigenvalue weighted by atomic mass is 16.5. The van der Waals surface area contributed by atoms with Gasteiger partial charge in [-0.25, -0.2) is 0 Å². The summed E-state index contributed by atoms with van der Waals surface area (Å²) in [6.07, 6.45) is -0.647. The van der Waals surface area contributed by atoms with Crippen LogP contribution in [0.4, 0.5) is 11.4 Å². The lowest BCUT2D eigenvalue weighted by atomic mass is 10.1. The van der Waals surface area contributed by atoms with Crippen LogP contribution in [0.2, 0.25) is 0 Å². The van der Waals surface area contributed by atoms with Crippen LogP contribution in [-0.2, 0) is 9.59 Å². The molecule has 0 spiro atoms. The summed E-state index contributed by atoms with van der Waals surface area (Å²) in [5.41, 5.74) is 1.31. The number of ether oxygens (including phenoxy) is 1. The van der Waals surface area contributed by atoms with E-state index in [0.29, 0.717) is 17.1 Å². The Balaban J connectivity index is 1.62. The number of carbonyl (C=O) groups excluding carboxylic acids is 2. The molecule has 0 heterocycles. The lowest BCUT2D eigenvalue weighted by Crippen LogP contribution is -2.30. The largest absolute Gasteiger partial charge is 0.481 e. The van der Waals surface area contributed by atoms with E-state index in [1.54, 1.807) is 31.2 Å². The zero-order valence-corrected chi connectivity index (χ0v) is 14.7. The summed E-state index contributed by atoms with van der Waals surface area (Å²) in [5, 5.41) is 7.66. The van der Waals surface area contributed by atoms with Gasteiger partial charge in [-0.15, -0.1) is 0 Å². The molecule has 0 aliphatic heterocycles. The van der Waals surface area contributed by atoms with Crippen LogP contribution in [-0.4, -0.2) is 17.9 Å². The highest BCUT2D eigenvalue weighted by Gasteiger charge is 2.15. The second-order valence-corrected chi connectivity index (χ2v) is 6.02. The fourth-order valence-electron chi connectivity index (χ4n) is 2.58. The predicted molar refractivity (Wildman–Crippen MR) is 103 cm³/mol. The van der Waals surface area contributed by atoms with Gasteiger partial charge in [-0.2, -0.15) is 0 Å². The number of anilines is 2. The summed E-state index contributed by atoms with van der Waals surface area (Å²) >= 11 is 0. The number of rotatable bonds is 5. The van der Waals surface area contributed by atoms with Crippen LogP contribution in [0, 0.1) is 0 Å². The molecule has 0 aliphatic carbocycles. The molecule has 2 N–H and O–H groups in total. The molecule has 3 aromatic carbocycles. The average molecular weight is 348 g/mol. The number of amides is 2. The summed E-state index contributed by atoms with van der Waals surface area (Å²) in [6, 6.07) is 20.6. The number of carbonyl (C=O) groups is 2. The Bertz CT molecular complexity index is 935. The van der Waals surface area contributed by atoms with E-state index in [-0.39, 0.29) is 11.8 Å². The molecule has 5 nitrogen and oxygen atoms in total. The summed E-state index contributed by atoms with van der Waals surface area (Å²) in [7, 11) is 0. The van der Waals surface area contributed by atoms with Gasteiger partial charge in [0.05, 0.1) is 0 Å². The first-order valence-corrected chi connectivity index (χ1v) is 8.35. The van der Waals surface area contributed by atoms with E-state index in [0.717, 1.165) is 10.8 Å². The first-order chi connectivity index (χ1) is 12.5. The molecule has 132 valence electrons. The maximum absolute atomic E-state index is 12.3. The van der Waals surface area contributed by atoms with Crippen LogP contribution in [0.1, 0.15) is 13.8 Å². The van der Waals surface area contributed by atoms with Crippen molar-refractivity contribution in [3.8, 4) is 5.75 Å². The predicted octanol–water partition coefficient (Wildman–Crippen LogP) is 4.20. The Hall–Kier alpha value is -3.34. The van der Waals surface area contributed by atoms with E-state index in [2.05, 4.69) is 10.6 Å². The van der Waals surface area contributed by atoms with E-state index in [9.17, 15) is 9.59 Å². The molecular formula is C21H20N2O3. The van der Waals surface area contributed by atoms with Crippen LogP contribution < -0.4 is 15.4 Å². The van der Waals surface area contributed by atoms with Crippen LogP contribution in [0.5, 0.6) is 5.75 Å². The van der Waals surface area contributed by atoms with Crippen molar-refractivity contribution < 1.29 is 14.3 Å². The molecule has 0 aliphatic rings. The van der Waals surface area contributed by atoms with Gasteiger partial charge in [-0.05, 0) is 54.1 Å². The van der Waals surface area contributed by atoms with Gasteiger partial charge < -0.3 is 15.4 Å². The molecule has 26 heavy (non-hydrogen) atoms. The van der Waals surface area contributed by atoms with Crippen molar-refractivity contribution in [2.45, 2.75) is 20.0 Å². The van der Waals surface area contributed by atoms with Crippen molar-refractivity contribution in [2.24, 2.45) is 0 Å². The third-order valence-corrected chi connectivity index (χ3v) is 3.88. The number of fused-ring (bicyclic) bond motifs is 1. The van der Waals surface area contributed by atoms with Gasteiger partial charge in [0, 0.05) is 18.3 Å². The number of nitrogens with one attached hydrogen (secondary N) is 2. The second-order valence-electron chi connectivity index (χ2n) is 6.02. The number of hydrogen-bond donors (Lipinski definition) is 2. The quantitative estimate of drug-likeness (QED) is 0.726. The molecule has 0 fully saturated rings. The molecule has 0 bridgehead atoms. The Morgan fingerprint density at radius 2 is 1.46 bits per heavy atom. The maximum atomic E-state index is 12.3. The van der Waals surface area contributed by atoms with E-state index in [1.807, 2.05) is 42.5 Å². The molecule has 0 radical (unpaired) electrons. The molecule has 0 aromatic heterocycles. The third kappa shape index (κ3) is 4.39. The van der Waals surface area contributed by atoms with Gasteiger partial charge in [-0.3, -0.25) is 9.59 Å². The van der Waals surface area contributed by atoms with Crippen LogP contribution in [0.15, 0.2) is 66.7 Å². The summed E-state index contributed by atoms with van der Waals surface area (Å²) < 4.78 is 5.76. The third-order valence-electron chi connectivity index (χ3n) is 3.88. The Labute approximate surface area is 152 Å². The summed E-state index contributed by atoms with van der Waals surface area (Å²) in [5.74, 6) is 0.261. The Morgan fingerprint density at radius 3 is 2.12 bits per heavy atom. The lowest BCUT2D eigenvalue weighted by Gasteiger charge is -2.15. The highest BCUT2D eigenvalue weighted by Crippen LogP contribution is 2.22. The van der Waals surface area contributed by atoms with Crippen molar-refractivity contribution >= 4 is 34.0 Å². The Morgan fingerprint density at radius 1 is 0.846 bits per heavy atom. The molecule has 2 amide bonds. The maximum Gasteiger partial charge on any atom is 0.265 e. The first kappa shape index (κ1) is 17.5. The van der Waals surface area contributed by atoms with E-state index < -0.39 is 6.10 Å². The first-order valence-electron chi connectivity index (χ1n) is 8.35. The fraction of sp³-hybridized carbons (Fsp3) is 0.143. The van der Waals surface area contributed by atoms with Crippen molar-refractivity contribution in [3.05, 3.63) is 66.7 Å². The Kier molecular flexibility index (Phi) is 5.17.